The Morgan fingerprint density at radius 3 is 2.46 bits per heavy atom. The predicted molar refractivity (Wildman–Crippen MR) is 46.2 cm³/mol. The molecule has 2 unspecified atom stereocenters. The lowest BCUT2D eigenvalue weighted by atomic mass is 10.2. The van der Waals surface area contributed by atoms with Crippen molar-refractivity contribution in [3.63, 3.8) is 0 Å². The molecule has 0 heterocycles. The van der Waals surface area contributed by atoms with Gasteiger partial charge in [0.1, 0.15) is 5.25 Å². The fourth-order valence-electron chi connectivity index (χ4n) is 0.612. The molecule has 6 heteroatoms. The number of hydrogen-bond donors (Lipinski definition) is 1. The molecule has 0 spiro atoms. The third-order valence-corrected chi connectivity index (χ3v) is 2.26. The standard InChI is InChI=1S/C7H12F3NOS/c1-6(13(11)12)4-2-3-5-7(8,9)10/h2,4,6H,3,5,11H2,1H3. The third-order valence-electron chi connectivity index (χ3n) is 1.37. The molecule has 0 saturated heterocycles. The van der Waals surface area contributed by atoms with E-state index in [1.807, 2.05) is 0 Å². The lowest BCUT2D eigenvalue weighted by Crippen LogP contribution is -2.23. The number of allylic oxidation sites excluding steroid dienone is 1. The summed E-state index contributed by atoms with van der Waals surface area (Å²) < 4.78 is 45.4. The van der Waals surface area contributed by atoms with E-state index in [2.05, 4.69) is 0 Å². The van der Waals surface area contributed by atoms with Crippen molar-refractivity contribution >= 4 is 11.4 Å². The Balaban J connectivity index is 3.64. The summed E-state index contributed by atoms with van der Waals surface area (Å²) in [6.07, 6.45) is -2.29. The van der Waals surface area contributed by atoms with E-state index in [9.17, 15) is 17.7 Å². The molecule has 0 aliphatic carbocycles. The van der Waals surface area contributed by atoms with Crippen LogP contribution in [0.25, 0.3) is 0 Å². The van der Waals surface area contributed by atoms with Crippen LogP contribution in [0.4, 0.5) is 13.2 Å². The van der Waals surface area contributed by atoms with Crippen LogP contribution >= 0.6 is 0 Å². The first-order valence-electron chi connectivity index (χ1n) is 3.71. The van der Waals surface area contributed by atoms with Crippen LogP contribution in [0, 0.1) is 0 Å². The summed E-state index contributed by atoms with van der Waals surface area (Å²) in [5, 5.41) is 4.61. The Kier molecular flexibility index (Phi) is 5.43. The van der Waals surface area contributed by atoms with Crippen molar-refractivity contribution in [2.75, 3.05) is 0 Å². The molecule has 0 amide bonds. The van der Waals surface area contributed by atoms with Crippen LogP contribution in [0.15, 0.2) is 12.2 Å². The first-order chi connectivity index (χ1) is 5.83. The van der Waals surface area contributed by atoms with Crippen LogP contribution in [0.1, 0.15) is 19.8 Å². The van der Waals surface area contributed by atoms with Gasteiger partial charge in [-0.1, -0.05) is 6.08 Å². The van der Waals surface area contributed by atoms with Crippen LogP contribution in [0.2, 0.25) is 0 Å². The van der Waals surface area contributed by atoms with Gasteiger partial charge in [-0.15, -0.1) is 0 Å². The van der Waals surface area contributed by atoms with E-state index >= 15 is 0 Å². The maximum absolute atomic E-state index is 11.6. The highest BCUT2D eigenvalue weighted by Gasteiger charge is 2.25. The molecule has 0 rings (SSSR count). The second kappa shape index (κ2) is 5.51. The molecule has 13 heavy (non-hydrogen) atoms. The zero-order valence-corrected chi connectivity index (χ0v) is 7.99. The molecule has 2 nitrogen and oxygen atoms in total. The Labute approximate surface area is 78.3 Å². The number of alkyl halides is 3. The maximum atomic E-state index is 11.6. The van der Waals surface area contributed by atoms with Gasteiger partial charge < -0.3 is 4.55 Å². The predicted octanol–water partition coefficient (Wildman–Crippen LogP) is 1.90. The molecular weight excluding hydrogens is 203 g/mol. The molecule has 0 aromatic rings. The minimum Gasteiger partial charge on any atom is -0.598 e. The van der Waals surface area contributed by atoms with Crippen molar-refractivity contribution in [2.24, 2.45) is 5.14 Å². The van der Waals surface area contributed by atoms with Crippen molar-refractivity contribution in [3.05, 3.63) is 12.2 Å². The van der Waals surface area contributed by atoms with Gasteiger partial charge in [-0.25, -0.2) is 0 Å². The molecule has 0 aliphatic heterocycles. The molecule has 2 N–H and O–H groups in total. The lowest BCUT2D eigenvalue weighted by molar-refractivity contribution is -0.133. The van der Waals surface area contributed by atoms with E-state index < -0.39 is 29.2 Å². The van der Waals surface area contributed by atoms with Crippen molar-refractivity contribution in [3.8, 4) is 0 Å². The van der Waals surface area contributed by atoms with E-state index in [1.165, 1.54) is 12.2 Å². The molecule has 0 radical (unpaired) electrons. The van der Waals surface area contributed by atoms with Crippen molar-refractivity contribution < 1.29 is 17.7 Å². The van der Waals surface area contributed by atoms with E-state index in [4.69, 9.17) is 5.14 Å². The minimum absolute atomic E-state index is 0.0922. The Hall–Kier alpha value is -0.200. The highest BCUT2D eigenvalue weighted by atomic mass is 32.2. The molecule has 78 valence electrons. The third kappa shape index (κ3) is 8.14. The van der Waals surface area contributed by atoms with Gasteiger partial charge in [-0.3, -0.25) is 0 Å². The van der Waals surface area contributed by atoms with Gasteiger partial charge in [0.25, 0.3) is 0 Å². The number of nitrogens with two attached hydrogens (primary N) is 1. The SMILES string of the molecule is CC(C=CCCC(F)(F)F)[S+](N)[O-]. The fraction of sp³-hybridized carbons (Fsp3) is 0.714. The first kappa shape index (κ1) is 12.8. The summed E-state index contributed by atoms with van der Waals surface area (Å²) in [5.74, 6) is 0. The monoisotopic (exact) mass is 215 g/mol. The van der Waals surface area contributed by atoms with Gasteiger partial charge in [0.2, 0.25) is 0 Å². The zero-order chi connectivity index (χ0) is 10.5. The number of halogens is 3. The van der Waals surface area contributed by atoms with Crippen LogP contribution in [0.3, 0.4) is 0 Å². The van der Waals surface area contributed by atoms with Crippen LogP contribution < -0.4 is 5.14 Å². The Morgan fingerprint density at radius 2 is 2.08 bits per heavy atom. The lowest BCUT2D eigenvalue weighted by Gasteiger charge is -2.07. The summed E-state index contributed by atoms with van der Waals surface area (Å²) in [5.41, 5.74) is 0. The average Bonchev–Trinajstić information content (AvgIpc) is 1.95. The normalized spacial score (nSPS) is 17.7. The van der Waals surface area contributed by atoms with Crippen LogP contribution in [0.5, 0.6) is 0 Å². The summed E-state index contributed by atoms with van der Waals surface area (Å²) in [6, 6.07) is 0. The molecule has 0 aliphatic rings. The quantitative estimate of drug-likeness (QED) is 0.575. The van der Waals surface area contributed by atoms with Gasteiger partial charge in [0.05, 0.1) is 0 Å². The topological polar surface area (TPSA) is 49.1 Å². The first-order valence-corrected chi connectivity index (χ1v) is 4.99. The van der Waals surface area contributed by atoms with E-state index in [-0.39, 0.29) is 6.42 Å². The number of hydrogen-bond acceptors (Lipinski definition) is 2. The molecular formula is C7H12F3NOS. The van der Waals surface area contributed by atoms with Crippen molar-refractivity contribution in [1.29, 1.82) is 0 Å². The second-order valence-electron chi connectivity index (χ2n) is 2.62. The minimum atomic E-state index is -4.13. The smallest absolute Gasteiger partial charge is 0.389 e. The molecule has 0 fully saturated rings. The summed E-state index contributed by atoms with van der Waals surface area (Å²) in [6.45, 7) is 1.58. The molecule has 0 aromatic heterocycles. The zero-order valence-electron chi connectivity index (χ0n) is 7.17. The van der Waals surface area contributed by atoms with E-state index in [1.54, 1.807) is 6.92 Å². The Bertz CT molecular complexity index is 170. The second-order valence-corrected chi connectivity index (χ2v) is 4.02. The van der Waals surface area contributed by atoms with E-state index in [0.29, 0.717) is 0 Å². The molecule has 0 saturated carbocycles. The van der Waals surface area contributed by atoms with Gasteiger partial charge in [0.15, 0.2) is 0 Å². The summed E-state index contributed by atoms with van der Waals surface area (Å²) in [4.78, 5) is 0. The fourth-order valence-corrected chi connectivity index (χ4v) is 0.878. The van der Waals surface area contributed by atoms with Crippen LogP contribution in [-0.4, -0.2) is 16.0 Å². The van der Waals surface area contributed by atoms with Gasteiger partial charge >= 0.3 is 6.18 Å². The molecule has 2 atom stereocenters. The number of rotatable bonds is 4. The molecule has 0 bridgehead atoms. The van der Waals surface area contributed by atoms with Crippen molar-refractivity contribution in [1.82, 2.24) is 0 Å². The highest BCUT2D eigenvalue weighted by Crippen LogP contribution is 2.21. The van der Waals surface area contributed by atoms with E-state index in [0.717, 1.165) is 0 Å². The molecule has 0 aromatic carbocycles. The summed E-state index contributed by atoms with van der Waals surface area (Å²) >= 11 is -1.50. The van der Waals surface area contributed by atoms with Crippen molar-refractivity contribution in [2.45, 2.75) is 31.2 Å². The van der Waals surface area contributed by atoms with Gasteiger partial charge in [-0.2, -0.15) is 18.3 Å². The Morgan fingerprint density at radius 1 is 1.54 bits per heavy atom. The highest BCUT2D eigenvalue weighted by molar-refractivity contribution is 7.89. The average molecular weight is 215 g/mol. The van der Waals surface area contributed by atoms with Gasteiger partial charge in [-0.05, 0) is 19.4 Å². The van der Waals surface area contributed by atoms with Gasteiger partial charge in [0, 0.05) is 17.8 Å². The maximum Gasteiger partial charge on any atom is 0.389 e. The van der Waals surface area contributed by atoms with Crippen LogP contribution in [-0.2, 0) is 11.4 Å². The summed E-state index contributed by atoms with van der Waals surface area (Å²) in [7, 11) is 0. The largest absolute Gasteiger partial charge is 0.598 e.